The predicted octanol–water partition coefficient (Wildman–Crippen LogP) is 6.44. The zero-order chi connectivity index (χ0) is 22.9. The van der Waals surface area contributed by atoms with Crippen LogP contribution in [0.4, 0.5) is 5.82 Å². The number of benzene rings is 3. The van der Waals surface area contributed by atoms with Crippen LogP contribution in [-0.4, -0.2) is 20.9 Å². The summed E-state index contributed by atoms with van der Waals surface area (Å²) in [5.74, 6) is 2.31. The number of thioether (sulfide) groups is 1. The minimum absolute atomic E-state index is 0.0116. The summed E-state index contributed by atoms with van der Waals surface area (Å²) in [4.78, 5) is 12.9. The lowest BCUT2D eigenvalue weighted by molar-refractivity contribution is -0.115. The van der Waals surface area contributed by atoms with Gasteiger partial charge in [-0.05, 0) is 62.2 Å². The number of anilines is 1. The Balaban J connectivity index is 1.55. The minimum Gasteiger partial charge on any atom is -0.457 e. The number of hydrogen-bond acceptors (Lipinski definition) is 4. The van der Waals surface area contributed by atoms with Crippen LogP contribution < -0.4 is 10.1 Å². The summed E-state index contributed by atoms with van der Waals surface area (Å²) in [6.45, 7) is 6.01. The lowest BCUT2D eigenvalue weighted by atomic mass is 10.0. The number of carbonyl (C=O) groups is 1. The number of amides is 1. The van der Waals surface area contributed by atoms with Gasteiger partial charge in [0.15, 0.2) is 0 Å². The number of rotatable bonds is 4. The summed E-state index contributed by atoms with van der Waals surface area (Å²) in [7, 11) is 0. The Labute approximate surface area is 197 Å². The molecule has 1 amide bonds. The number of hydrogen-bond donors (Lipinski definition) is 1. The van der Waals surface area contributed by atoms with Gasteiger partial charge in [0.2, 0.25) is 5.91 Å². The van der Waals surface area contributed by atoms with Crippen molar-refractivity contribution >= 4 is 23.5 Å². The van der Waals surface area contributed by atoms with Gasteiger partial charge in [-0.3, -0.25) is 4.79 Å². The monoisotopic (exact) mass is 455 g/mol. The van der Waals surface area contributed by atoms with E-state index in [-0.39, 0.29) is 16.4 Å². The van der Waals surface area contributed by atoms with Gasteiger partial charge >= 0.3 is 0 Å². The molecule has 1 aromatic heterocycles. The second kappa shape index (κ2) is 8.79. The fourth-order valence-corrected chi connectivity index (χ4v) is 5.40. The number of ether oxygens (including phenoxy) is 1. The van der Waals surface area contributed by atoms with Crippen LogP contribution in [0.5, 0.6) is 11.5 Å². The predicted molar refractivity (Wildman–Crippen MR) is 134 cm³/mol. The number of para-hydroxylation sites is 2. The Morgan fingerprint density at radius 3 is 2.30 bits per heavy atom. The van der Waals surface area contributed by atoms with Gasteiger partial charge in [-0.15, -0.1) is 11.8 Å². The number of aryl methyl sites for hydroxylation is 2. The van der Waals surface area contributed by atoms with Crippen LogP contribution in [0.3, 0.4) is 0 Å². The average Bonchev–Trinajstić information content (AvgIpc) is 3.06. The van der Waals surface area contributed by atoms with E-state index in [9.17, 15) is 4.79 Å². The highest BCUT2D eigenvalue weighted by Crippen LogP contribution is 2.46. The molecule has 0 saturated heterocycles. The Hall–Kier alpha value is -3.51. The molecule has 2 atom stereocenters. The maximum Gasteiger partial charge on any atom is 0.238 e. The molecule has 2 unspecified atom stereocenters. The molecule has 33 heavy (non-hydrogen) atoms. The summed E-state index contributed by atoms with van der Waals surface area (Å²) in [5, 5.41) is 7.75. The number of fused-ring (bicyclic) bond motifs is 1. The Kier molecular flexibility index (Phi) is 5.68. The zero-order valence-electron chi connectivity index (χ0n) is 18.8. The Morgan fingerprint density at radius 1 is 0.909 bits per heavy atom. The highest BCUT2D eigenvalue weighted by Gasteiger charge is 2.34. The van der Waals surface area contributed by atoms with Crippen LogP contribution in [0.25, 0.3) is 5.69 Å². The van der Waals surface area contributed by atoms with Gasteiger partial charge in [0.1, 0.15) is 17.3 Å². The second-order valence-corrected chi connectivity index (χ2v) is 9.63. The van der Waals surface area contributed by atoms with Crippen LogP contribution in [0.2, 0.25) is 0 Å². The van der Waals surface area contributed by atoms with Gasteiger partial charge in [-0.25, -0.2) is 4.68 Å². The van der Waals surface area contributed by atoms with Crippen molar-refractivity contribution in [1.82, 2.24) is 9.78 Å². The van der Waals surface area contributed by atoms with E-state index in [1.54, 1.807) is 11.8 Å². The van der Waals surface area contributed by atoms with E-state index in [0.717, 1.165) is 45.4 Å². The van der Waals surface area contributed by atoms with Crippen LogP contribution in [0.1, 0.15) is 34.6 Å². The molecule has 4 aromatic rings. The standard InChI is InChI=1S/C27H25N3O2S/c1-17-9-7-8-12-23(17)30-26-24(18(2)29-30)25(33-19(3)27(31)28-26)20-13-15-22(16-14-20)32-21-10-5-4-6-11-21/h4-16,19,25H,1-3H3,(H,28,31). The van der Waals surface area contributed by atoms with E-state index in [0.29, 0.717) is 0 Å². The largest absolute Gasteiger partial charge is 0.457 e. The summed E-state index contributed by atoms with van der Waals surface area (Å²) in [5.41, 5.74) is 5.12. The normalized spacial score (nSPS) is 17.7. The first-order valence-corrected chi connectivity index (χ1v) is 11.9. The van der Waals surface area contributed by atoms with Crippen molar-refractivity contribution in [3.8, 4) is 17.2 Å². The minimum atomic E-state index is -0.202. The third-order valence-electron chi connectivity index (χ3n) is 5.83. The number of aromatic nitrogens is 2. The molecule has 1 aliphatic heterocycles. The highest BCUT2D eigenvalue weighted by atomic mass is 32.2. The molecule has 3 aromatic carbocycles. The Bertz CT molecular complexity index is 1300. The molecule has 5 rings (SSSR count). The first-order valence-electron chi connectivity index (χ1n) is 11.0. The molecule has 0 saturated carbocycles. The van der Waals surface area contributed by atoms with E-state index >= 15 is 0 Å². The van der Waals surface area contributed by atoms with Crippen molar-refractivity contribution in [1.29, 1.82) is 0 Å². The summed E-state index contributed by atoms with van der Waals surface area (Å²) >= 11 is 1.64. The van der Waals surface area contributed by atoms with Crippen molar-refractivity contribution < 1.29 is 9.53 Å². The van der Waals surface area contributed by atoms with Crippen LogP contribution in [0.15, 0.2) is 78.9 Å². The molecular formula is C27H25N3O2S. The molecule has 1 aliphatic rings. The summed E-state index contributed by atoms with van der Waals surface area (Å²) in [6, 6.07) is 25.9. The molecule has 5 nitrogen and oxygen atoms in total. The quantitative estimate of drug-likeness (QED) is 0.384. The van der Waals surface area contributed by atoms with Crippen LogP contribution in [-0.2, 0) is 4.79 Å². The van der Waals surface area contributed by atoms with Crippen molar-refractivity contribution in [2.24, 2.45) is 0 Å². The number of carbonyl (C=O) groups excluding carboxylic acids is 1. The number of nitrogens with zero attached hydrogens (tertiary/aromatic N) is 2. The molecular weight excluding hydrogens is 430 g/mol. The van der Waals surface area contributed by atoms with Crippen molar-refractivity contribution in [3.05, 3.63) is 101 Å². The maximum absolute atomic E-state index is 12.9. The topological polar surface area (TPSA) is 56.2 Å². The van der Waals surface area contributed by atoms with E-state index in [4.69, 9.17) is 9.84 Å². The highest BCUT2D eigenvalue weighted by molar-refractivity contribution is 8.01. The molecule has 0 radical (unpaired) electrons. The summed E-state index contributed by atoms with van der Waals surface area (Å²) < 4.78 is 7.83. The third kappa shape index (κ3) is 4.14. The maximum atomic E-state index is 12.9. The van der Waals surface area contributed by atoms with Crippen LogP contribution in [0, 0.1) is 13.8 Å². The van der Waals surface area contributed by atoms with Crippen LogP contribution >= 0.6 is 11.8 Å². The molecule has 0 spiro atoms. The first-order chi connectivity index (χ1) is 16.0. The SMILES string of the molecule is Cc1ccccc1-n1nc(C)c2c1NC(=O)C(C)SC2c1ccc(Oc2ccccc2)cc1. The summed E-state index contributed by atoms with van der Waals surface area (Å²) in [6.07, 6.45) is 0. The van der Waals surface area contributed by atoms with Gasteiger partial charge < -0.3 is 10.1 Å². The van der Waals surface area contributed by atoms with Gasteiger partial charge in [0, 0.05) is 5.56 Å². The first kappa shape index (κ1) is 21.3. The molecule has 0 fully saturated rings. The third-order valence-corrected chi connectivity index (χ3v) is 7.23. The van der Waals surface area contributed by atoms with E-state index in [1.807, 2.05) is 79.2 Å². The fraction of sp³-hybridized carbons (Fsp3) is 0.185. The van der Waals surface area contributed by atoms with E-state index in [2.05, 4.69) is 30.4 Å². The van der Waals surface area contributed by atoms with Gasteiger partial charge in [0.05, 0.1) is 21.9 Å². The average molecular weight is 456 g/mol. The molecule has 6 heteroatoms. The van der Waals surface area contributed by atoms with Gasteiger partial charge in [-0.2, -0.15) is 5.10 Å². The molecule has 1 N–H and O–H groups in total. The molecule has 166 valence electrons. The van der Waals surface area contributed by atoms with Crippen molar-refractivity contribution in [2.75, 3.05) is 5.32 Å². The van der Waals surface area contributed by atoms with Gasteiger partial charge in [-0.1, -0.05) is 48.5 Å². The smallest absolute Gasteiger partial charge is 0.238 e. The fourth-order valence-electron chi connectivity index (χ4n) is 4.08. The number of nitrogens with one attached hydrogen (secondary N) is 1. The van der Waals surface area contributed by atoms with Crippen molar-refractivity contribution in [2.45, 2.75) is 31.3 Å². The zero-order valence-corrected chi connectivity index (χ0v) is 19.6. The molecule has 0 bridgehead atoms. The van der Waals surface area contributed by atoms with Gasteiger partial charge in [0.25, 0.3) is 0 Å². The second-order valence-electron chi connectivity index (χ2n) is 8.18. The van der Waals surface area contributed by atoms with E-state index in [1.165, 1.54) is 0 Å². The molecule has 2 heterocycles. The van der Waals surface area contributed by atoms with E-state index < -0.39 is 0 Å². The lowest BCUT2D eigenvalue weighted by Gasteiger charge is -2.18. The Morgan fingerprint density at radius 2 is 1.58 bits per heavy atom. The molecule has 0 aliphatic carbocycles. The van der Waals surface area contributed by atoms with Crippen molar-refractivity contribution in [3.63, 3.8) is 0 Å². The lowest BCUT2D eigenvalue weighted by Crippen LogP contribution is -2.22.